The molecule has 3 aromatic rings. The predicted octanol–water partition coefficient (Wildman–Crippen LogP) is 3.94. The van der Waals surface area contributed by atoms with Crippen LogP contribution in [0.5, 0.6) is 0 Å². The fraction of sp³-hybridized carbons (Fsp3) is 0.304. The predicted molar refractivity (Wildman–Crippen MR) is 119 cm³/mol. The number of carbonyl (C=O) groups is 2. The zero-order chi connectivity index (χ0) is 21.2. The van der Waals surface area contributed by atoms with Gasteiger partial charge in [-0.25, -0.2) is 10.4 Å². The van der Waals surface area contributed by atoms with Gasteiger partial charge in [-0.2, -0.15) is 0 Å². The molecular weight excluding hydrogens is 410 g/mol. The van der Waals surface area contributed by atoms with Crippen molar-refractivity contribution in [3.63, 3.8) is 0 Å². The second-order valence-corrected chi connectivity index (χ2v) is 8.87. The van der Waals surface area contributed by atoms with Crippen LogP contribution in [0.1, 0.15) is 47.8 Å². The third-order valence-electron chi connectivity index (χ3n) is 6.13. The lowest BCUT2D eigenvalue weighted by atomic mass is 9.72. The van der Waals surface area contributed by atoms with Crippen molar-refractivity contribution in [1.29, 1.82) is 0 Å². The molecule has 5 rings (SSSR count). The van der Waals surface area contributed by atoms with Gasteiger partial charge in [-0.05, 0) is 48.6 Å². The molecule has 2 aromatic heterocycles. The average molecular weight is 434 g/mol. The summed E-state index contributed by atoms with van der Waals surface area (Å²) in [5.41, 5.74) is 9.19. The number of amides is 2. The van der Waals surface area contributed by atoms with Crippen LogP contribution in [0, 0.1) is 11.8 Å². The standard InChI is InChI=1S/C23H23N5O2S/c29-21-18-4-2-1-3-17(18)20(27-28-21)14-5-7-16(8-6-14)25-22(30)19-13-31-23(26-19)15-9-11-24-12-10-15/h5-13,17-18,20,27H,1-4H2,(H,25,30)(H,28,29). The van der Waals surface area contributed by atoms with Crippen LogP contribution in [0.15, 0.2) is 54.2 Å². The van der Waals surface area contributed by atoms with E-state index in [2.05, 4.69) is 26.1 Å². The van der Waals surface area contributed by atoms with Gasteiger partial charge in [-0.3, -0.25) is 20.0 Å². The molecule has 7 nitrogen and oxygen atoms in total. The lowest BCUT2D eigenvalue weighted by molar-refractivity contribution is -0.133. The number of aromatic nitrogens is 2. The average Bonchev–Trinajstić information content (AvgIpc) is 3.32. The van der Waals surface area contributed by atoms with Crippen LogP contribution in [-0.4, -0.2) is 21.8 Å². The van der Waals surface area contributed by atoms with Crippen LogP contribution in [0.25, 0.3) is 10.6 Å². The summed E-state index contributed by atoms with van der Waals surface area (Å²) in [5.74, 6) is 0.266. The number of benzene rings is 1. The summed E-state index contributed by atoms with van der Waals surface area (Å²) in [7, 11) is 0. The Morgan fingerprint density at radius 3 is 2.65 bits per heavy atom. The number of nitrogens with zero attached hydrogens (tertiary/aromatic N) is 2. The van der Waals surface area contributed by atoms with Crippen molar-refractivity contribution in [3.05, 3.63) is 65.4 Å². The van der Waals surface area contributed by atoms with Gasteiger partial charge in [0.25, 0.3) is 5.91 Å². The Morgan fingerprint density at radius 1 is 1.06 bits per heavy atom. The molecule has 2 aliphatic rings. The molecule has 1 aliphatic carbocycles. The first kappa shape index (κ1) is 19.8. The van der Waals surface area contributed by atoms with Crippen LogP contribution in [-0.2, 0) is 4.79 Å². The monoisotopic (exact) mass is 433 g/mol. The lowest BCUT2D eigenvalue weighted by Gasteiger charge is -2.41. The first-order valence-corrected chi connectivity index (χ1v) is 11.4. The van der Waals surface area contributed by atoms with Crippen molar-refractivity contribution in [2.24, 2.45) is 11.8 Å². The third kappa shape index (κ3) is 4.08. The first-order chi connectivity index (χ1) is 15.2. The molecule has 0 bridgehead atoms. The molecule has 2 amide bonds. The Bertz CT molecular complexity index is 1080. The second-order valence-electron chi connectivity index (χ2n) is 8.02. The van der Waals surface area contributed by atoms with E-state index >= 15 is 0 Å². The van der Waals surface area contributed by atoms with Gasteiger partial charge in [-0.1, -0.05) is 25.0 Å². The van der Waals surface area contributed by atoms with Crippen molar-refractivity contribution in [1.82, 2.24) is 20.8 Å². The van der Waals surface area contributed by atoms with Gasteiger partial charge in [-0.15, -0.1) is 11.3 Å². The van der Waals surface area contributed by atoms with Crippen LogP contribution >= 0.6 is 11.3 Å². The zero-order valence-corrected chi connectivity index (χ0v) is 17.7. The number of rotatable bonds is 4. The van der Waals surface area contributed by atoms with Crippen LogP contribution < -0.4 is 16.2 Å². The fourth-order valence-corrected chi connectivity index (χ4v) is 5.34. The molecule has 158 valence electrons. The SMILES string of the molecule is O=C(Nc1ccc(C2NNC(=O)C3CCCCC32)cc1)c1csc(-c2ccncc2)n1. The van der Waals surface area contributed by atoms with Gasteiger partial charge < -0.3 is 5.32 Å². The number of hydrogen-bond acceptors (Lipinski definition) is 6. The molecule has 3 N–H and O–H groups in total. The topological polar surface area (TPSA) is 96.0 Å². The van der Waals surface area contributed by atoms with E-state index in [4.69, 9.17) is 0 Å². The Morgan fingerprint density at radius 2 is 1.84 bits per heavy atom. The summed E-state index contributed by atoms with van der Waals surface area (Å²) < 4.78 is 0. The molecule has 0 radical (unpaired) electrons. The lowest BCUT2D eigenvalue weighted by Crippen LogP contribution is -2.55. The van der Waals surface area contributed by atoms with Gasteiger partial charge in [0.2, 0.25) is 5.91 Å². The highest BCUT2D eigenvalue weighted by Gasteiger charge is 2.40. The van der Waals surface area contributed by atoms with E-state index in [1.54, 1.807) is 17.8 Å². The summed E-state index contributed by atoms with van der Waals surface area (Å²) in [6.07, 6.45) is 7.71. The molecule has 8 heteroatoms. The maximum Gasteiger partial charge on any atom is 0.275 e. The number of hydrazine groups is 1. The smallest absolute Gasteiger partial charge is 0.275 e. The van der Waals surface area contributed by atoms with E-state index in [0.717, 1.165) is 41.8 Å². The molecule has 2 fully saturated rings. The number of thiazole rings is 1. The van der Waals surface area contributed by atoms with Gasteiger partial charge in [0.1, 0.15) is 10.7 Å². The molecule has 3 atom stereocenters. The van der Waals surface area contributed by atoms with E-state index in [1.807, 2.05) is 36.4 Å². The maximum atomic E-state index is 12.6. The molecule has 1 saturated carbocycles. The summed E-state index contributed by atoms with van der Waals surface area (Å²) >= 11 is 1.43. The summed E-state index contributed by atoms with van der Waals surface area (Å²) in [4.78, 5) is 33.3. The summed E-state index contributed by atoms with van der Waals surface area (Å²) in [6, 6.07) is 11.7. The number of carbonyl (C=O) groups excluding carboxylic acids is 2. The normalized spacial score (nSPS) is 23.0. The summed E-state index contributed by atoms with van der Waals surface area (Å²) in [6.45, 7) is 0. The van der Waals surface area contributed by atoms with Crippen LogP contribution in [0.3, 0.4) is 0 Å². The van der Waals surface area contributed by atoms with Crippen molar-refractivity contribution in [3.8, 4) is 10.6 Å². The molecule has 3 heterocycles. The highest BCUT2D eigenvalue weighted by molar-refractivity contribution is 7.13. The molecule has 3 unspecified atom stereocenters. The molecule has 1 aliphatic heterocycles. The second kappa shape index (κ2) is 8.56. The van der Waals surface area contributed by atoms with Gasteiger partial charge in [0.15, 0.2) is 0 Å². The van der Waals surface area contributed by atoms with Crippen molar-refractivity contribution in [2.45, 2.75) is 31.7 Å². The minimum absolute atomic E-state index is 0.0821. The van der Waals surface area contributed by atoms with E-state index in [9.17, 15) is 9.59 Å². The number of anilines is 1. The molecule has 31 heavy (non-hydrogen) atoms. The highest BCUT2D eigenvalue weighted by Crippen LogP contribution is 2.40. The largest absolute Gasteiger partial charge is 0.321 e. The van der Waals surface area contributed by atoms with E-state index in [0.29, 0.717) is 17.3 Å². The third-order valence-corrected chi connectivity index (χ3v) is 7.02. The van der Waals surface area contributed by atoms with Crippen molar-refractivity contribution < 1.29 is 9.59 Å². The molecular formula is C23H23N5O2S. The van der Waals surface area contributed by atoms with E-state index < -0.39 is 0 Å². The van der Waals surface area contributed by atoms with Crippen molar-refractivity contribution in [2.75, 3.05) is 5.32 Å². The highest BCUT2D eigenvalue weighted by atomic mass is 32.1. The minimum atomic E-state index is -0.236. The quantitative estimate of drug-likeness (QED) is 0.579. The van der Waals surface area contributed by atoms with Gasteiger partial charge in [0.05, 0.1) is 6.04 Å². The Kier molecular flexibility index (Phi) is 5.48. The Labute approximate surface area is 184 Å². The van der Waals surface area contributed by atoms with E-state index in [-0.39, 0.29) is 23.8 Å². The zero-order valence-electron chi connectivity index (χ0n) is 16.9. The number of nitrogens with one attached hydrogen (secondary N) is 3. The number of hydrogen-bond donors (Lipinski definition) is 3. The molecule has 0 spiro atoms. The van der Waals surface area contributed by atoms with E-state index in [1.165, 1.54) is 11.3 Å². The molecule has 1 saturated heterocycles. The fourth-order valence-electron chi connectivity index (χ4n) is 4.54. The number of fused-ring (bicyclic) bond motifs is 1. The summed E-state index contributed by atoms with van der Waals surface area (Å²) in [5, 5.41) is 5.47. The molecule has 1 aromatic carbocycles. The number of pyridine rings is 1. The van der Waals surface area contributed by atoms with Crippen LogP contribution in [0.4, 0.5) is 5.69 Å². The first-order valence-electron chi connectivity index (χ1n) is 10.5. The maximum absolute atomic E-state index is 12.6. The van der Waals surface area contributed by atoms with Crippen molar-refractivity contribution >= 4 is 28.8 Å². The minimum Gasteiger partial charge on any atom is -0.321 e. The van der Waals surface area contributed by atoms with Crippen LogP contribution in [0.2, 0.25) is 0 Å². The van der Waals surface area contributed by atoms with Gasteiger partial charge >= 0.3 is 0 Å². The Balaban J connectivity index is 1.27. The Hall–Kier alpha value is -3.10. The van der Waals surface area contributed by atoms with Gasteiger partial charge in [0, 0.05) is 34.9 Å².